The molecule has 1 aliphatic rings. The lowest BCUT2D eigenvalue weighted by molar-refractivity contribution is -0.0240. The minimum atomic E-state index is -1.93. The molecule has 1 heterocycles. The van der Waals surface area contributed by atoms with Gasteiger partial charge in [0.1, 0.15) is 5.60 Å². The molecule has 0 bridgehead atoms. The number of hydrogen-bond acceptors (Lipinski definition) is 4. The molecule has 0 spiro atoms. The van der Waals surface area contributed by atoms with Crippen LogP contribution in [0, 0.1) is 0 Å². The van der Waals surface area contributed by atoms with Crippen LogP contribution in [0.25, 0.3) is 0 Å². The van der Waals surface area contributed by atoms with Crippen molar-refractivity contribution in [3.05, 3.63) is 0 Å². The second kappa shape index (κ2) is 6.61. The van der Waals surface area contributed by atoms with Crippen molar-refractivity contribution in [2.45, 2.75) is 103 Å². The fourth-order valence-corrected chi connectivity index (χ4v) is 4.03. The highest BCUT2D eigenvalue weighted by Crippen LogP contribution is 2.40. The minimum Gasteiger partial charge on any atom is -0.444 e. The molecule has 0 saturated carbocycles. The van der Waals surface area contributed by atoms with E-state index in [1.54, 1.807) is 18.7 Å². The van der Waals surface area contributed by atoms with Crippen molar-refractivity contribution in [3.8, 4) is 0 Å². The molecule has 0 radical (unpaired) electrons. The fraction of sp³-hybridized carbons (Fsp3) is 0.944. The lowest BCUT2D eigenvalue weighted by Gasteiger charge is -2.38. The minimum absolute atomic E-state index is 0.0603. The topological polar surface area (TPSA) is 59.0 Å². The molecule has 1 aliphatic heterocycles. The van der Waals surface area contributed by atoms with Gasteiger partial charge in [0.25, 0.3) is 0 Å². The van der Waals surface area contributed by atoms with Crippen molar-refractivity contribution in [2.75, 3.05) is 6.54 Å². The van der Waals surface area contributed by atoms with Crippen LogP contribution < -0.4 is 0 Å². The monoisotopic (exact) mass is 359 g/mol. The van der Waals surface area contributed by atoms with Crippen LogP contribution in [0.15, 0.2) is 0 Å². The van der Waals surface area contributed by atoms with E-state index in [0.717, 1.165) is 0 Å². The van der Waals surface area contributed by atoms with Crippen molar-refractivity contribution < 1.29 is 19.1 Å². The van der Waals surface area contributed by atoms with Crippen LogP contribution in [0.1, 0.15) is 61.8 Å². The van der Waals surface area contributed by atoms with Gasteiger partial charge < -0.3 is 14.3 Å². The van der Waals surface area contributed by atoms with E-state index in [1.807, 2.05) is 20.8 Å². The molecule has 2 unspecified atom stereocenters. The molecule has 0 aliphatic carbocycles. The summed E-state index contributed by atoms with van der Waals surface area (Å²) >= 11 is 0. The molecule has 0 aromatic heterocycles. The number of ether oxygens (including phenoxy) is 1. The Bertz CT molecular complexity index is 457. The predicted octanol–water partition coefficient (Wildman–Crippen LogP) is 4.16. The van der Waals surface area contributed by atoms with Crippen LogP contribution >= 0.6 is 0 Å². The van der Waals surface area contributed by atoms with E-state index in [-0.39, 0.29) is 23.3 Å². The molecule has 1 amide bonds. The molecule has 24 heavy (non-hydrogen) atoms. The standard InChI is InChI=1S/C18H37NO4Si/c1-16(2,3)22-15(20)19-12-13(11-14(19)18(7,8)21)23-24(9,10)17(4,5)6/h13-14,21H,11-12H2,1-10H3. The third-order valence-corrected chi connectivity index (χ3v) is 9.51. The largest absolute Gasteiger partial charge is 0.444 e. The zero-order valence-corrected chi connectivity index (χ0v) is 18.2. The van der Waals surface area contributed by atoms with Crippen molar-refractivity contribution in [3.63, 3.8) is 0 Å². The molecule has 0 aromatic rings. The summed E-state index contributed by atoms with van der Waals surface area (Å²) in [7, 11) is -1.93. The SMILES string of the molecule is CC(C)(C)OC(=O)N1CC(O[Si](C)(C)C(C)(C)C)CC1C(C)(C)O. The molecule has 1 saturated heterocycles. The fourth-order valence-electron chi connectivity index (χ4n) is 2.67. The molecular weight excluding hydrogens is 322 g/mol. The third-order valence-electron chi connectivity index (χ3n) is 4.97. The molecule has 142 valence electrons. The average molecular weight is 360 g/mol. The van der Waals surface area contributed by atoms with Gasteiger partial charge in [0.2, 0.25) is 0 Å². The van der Waals surface area contributed by atoms with Gasteiger partial charge in [-0.1, -0.05) is 20.8 Å². The Labute approximate surface area is 148 Å². The summed E-state index contributed by atoms with van der Waals surface area (Å²) in [5.41, 5.74) is -1.55. The maximum Gasteiger partial charge on any atom is 0.410 e. The van der Waals surface area contributed by atoms with E-state index < -0.39 is 19.5 Å². The number of rotatable bonds is 3. The van der Waals surface area contributed by atoms with Gasteiger partial charge in [0.15, 0.2) is 8.32 Å². The smallest absolute Gasteiger partial charge is 0.410 e. The molecule has 5 nitrogen and oxygen atoms in total. The van der Waals surface area contributed by atoms with Crippen molar-refractivity contribution in [1.82, 2.24) is 4.90 Å². The van der Waals surface area contributed by atoms with E-state index in [2.05, 4.69) is 33.9 Å². The first-order valence-electron chi connectivity index (χ1n) is 8.84. The zero-order chi connectivity index (χ0) is 19.1. The van der Waals surface area contributed by atoms with E-state index >= 15 is 0 Å². The highest BCUT2D eigenvalue weighted by Gasteiger charge is 2.48. The number of nitrogens with zero attached hydrogens (tertiary/aromatic N) is 1. The van der Waals surface area contributed by atoms with Crippen molar-refractivity contribution in [2.24, 2.45) is 0 Å². The average Bonchev–Trinajstić information content (AvgIpc) is 2.67. The quantitative estimate of drug-likeness (QED) is 0.769. The van der Waals surface area contributed by atoms with Gasteiger partial charge in [-0.25, -0.2) is 4.79 Å². The lowest BCUT2D eigenvalue weighted by Crippen LogP contribution is -2.49. The Morgan fingerprint density at radius 1 is 1.08 bits per heavy atom. The Hall–Kier alpha value is -0.593. The molecule has 1 fully saturated rings. The number of amides is 1. The molecule has 1 N–H and O–H groups in total. The Balaban J connectivity index is 2.94. The van der Waals surface area contributed by atoms with Gasteiger partial charge in [0, 0.05) is 6.54 Å². The second-order valence-electron chi connectivity index (χ2n) is 10.0. The summed E-state index contributed by atoms with van der Waals surface area (Å²) in [5.74, 6) is 0. The van der Waals surface area contributed by atoms with Crippen LogP contribution in [0.4, 0.5) is 4.79 Å². The van der Waals surface area contributed by atoms with E-state index in [1.165, 1.54) is 0 Å². The van der Waals surface area contributed by atoms with Gasteiger partial charge in [-0.05, 0) is 59.2 Å². The third kappa shape index (κ3) is 5.46. The first kappa shape index (κ1) is 21.4. The van der Waals surface area contributed by atoms with E-state index in [0.29, 0.717) is 13.0 Å². The Kier molecular flexibility index (Phi) is 5.91. The number of aliphatic hydroxyl groups is 1. The normalized spacial score (nSPS) is 23.5. The summed E-state index contributed by atoms with van der Waals surface area (Å²) in [4.78, 5) is 14.2. The number of likely N-dealkylation sites (tertiary alicyclic amines) is 1. The number of carbonyl (C=O) groups excluding carboxylic acids is 1. The second-order valence-corrected chi connectivity index (χ2v) is 14.8. The van der Waals surface area contributed by atoms with Gasteiger partial charge in [-0.3, -0.25) is 4.90 Å². The first-order valence-corrected chi connectivity index (χ1v) is 11.7. The highest BCUT2D eigenvalue weighted by molar-refractivity contribution is 6.74. The maximum atomic E-state index is 12.6. The summed E-state index contributed by atoms with van der Waals surface area (Å²) < 4.78 is 12.0. The van der Waals surface area contributed by atoms with Crippen molar-refractivity contribution in [1.29, 1.82) is 0 Å². The predicted molar refractivity (Wildman–Crippen MR) is 99.7 cm³/mol. The van der Waals surface area contributed by atoms with Crippen LogP contribution in [-0.4, -0.2) is 54.3 Å². The maximum absolute atomic E-state index is 12.6. The molecule has 6 heteroatoms. The van der Waals surface area contributed by atoms with Crippen LogP contribution in [0.3, 0.4) is 0 Å². The Morgan fingerprint density at radius 3 is 1.96 bits per heavy atom. The van der Waals surface area contributed by atoms with Gasteiger partial charge in [-0.15, -0.1) is 0 Å². The van der Waals surface area contributed by atoms with Crippen LogP contribution in [0.5, 0.6) is 0 Å². The molecule has 0 aromatic carbocycles. The Morgan fingerprint density at radius 2 is 1.58 bits per heavy atom. The molecule has 1 rings (SSSR count). The van der Waals surface area contributed by atoms with Crippen LogP contribution in [-0.2, 0) is 9.16 Å². The summed E-state index contributed by atoms with van der Waals surface area (Å²) in [6, 6.07) is -0.304. The summed E-state index contributed by atoms with van der Waals surface area (Å²) in [6.45, 7) is 20.5. The molecular formula is C18H37NO4Si. The van der Waals surface area contributed by atoms with Gasteiger partial charge in [-0.2, -0.15) is 0 Å². The summed E-state index contributed by atoms with van der Waals surface area (Å²) in [6.07, 6.45) is 0.195. The molecule has 2 atom stereocenters. The zero-order valence-electron chi connectivity index (χ0n) is 17.2. The lowest BCUT2D eigenvalue weighted by atomic mass is 9.96. The van der Waals surface area contributed by atoms with Gasteiger partial charge >= 0.3 is 6.09 Å². The first-order chi connectivity index (χ1) is 10.4. The number of hydrogen-bond donors (Lipinski definition) is 1. The highest BCUT2D eigenvalue weighted by atomic mass is 28.4. The van der Waals surface area contributed by atoms with E-state index in [9.17, 15) is 9.90 Å². The van der Waals surface area contributed by atoms with E-state index in [4.69, 9.17) is 9.16 Å². The number of carbonyl (C=O) groups is 1. The van der Waals surface area contributed by atoms with Gasteiger partial charge in [0.05, 0.1) is 17.7 Å². The summed E-state index contributed by atoms with van der Waals surface area (Å²) in [5, 5.41) is 10.6. The van der Waals surface area contributed by atoms with Crippen LogP contribution in [0.2, 0.25) is 18.1 Å². The van der Waals surface area contributed by atoms with Crippen molar-refractivity contribution >= 4 is 14.4 Å².